The van der Waals surface area contributed by atoms with Gasteiger partial charge in [0.2, 0.25) is 17.7 Å². The predicted molar refractivity (Wildman–Crippen MR) is 112 cm³/mol. The van der Waals surface area contributed by atoms with Gasteiger partial charge in [-0.2, -0.15) is 0 Å². The Hall–Kier alpha value is -3.52. The van der Waals surface area contributed by atoms with Crippen molar-refractivity contribution in [1.29, 1.82) is 0 Å². The number of anilines is 3. The molecule has 0 saturated carbocycles. The van der Waals surface area contributed by atoms with Crippen molar-refractivity contribution in [1.82, 2.24) is 9.97 Å². The van der Waals surface area contributed by atoms with E-state index in [2.05, 4.69) is 15.3 Å². The molecule has 1 N–H and O–H groups in total. The van der Waals surface area contributed by atoms with Gasteiger partial charge >= 0.3 is 0 Å². The Morgan fingerprint density at radius 3 is 2.67 bits per heavy atom. The van der Waals surface area contributed by atoms with Gasteiger partial charge in [0.05, 0.1) is 24.2 Å². The molecule has 154 valence electrons. The van der Waals surface area contributed by atoms with Gasteiger partial charge in [-0.3, -0.25) is 14.5 Å². The Morgan fingerprint density at radius 2 is 1.93 bits per heavy atom. The standard InChI is InChI=1S/C21H18ClFN4O3/c1-13(28)27(16-7-9-25-20(12-16)30-2)18-11-15(6-8-24-18)26-19(29)10-14-4-3-5-17(23)21(14)22/h3-9,11-12H,10H2,1-2H3,(H,24,26,29). The Labute approximate surface area is 177 Å². The van der Waals surface area contributed by atoms with E-state index in [4.69, 9.17) is 16.3 Å². The van der Waals surface area contributed by atoms with E-state index < -0.39 is 5.82 Å². The molecule has 2 heterocycles. The number of rotatable bonds is 6. The molecule has 0 aliphatic carbocycles. The summed E-state index contributed by atoms with van der Waals surface area (Å²) >= 11 is 5.91. The van der Waals surface area contributed by atoms with E-state index in [1.165, 1.54) is 43.5 Å². The molecule has 1 aromatic carbocycles. The van der Waals surface area contributed by atoms with Crippen molar-refractivity contribution in [2.75, 3.05) is 17.3 Å². The van der Waals surface area contributed by atoms with Crippen molar-refractivity contribution in [3.05, 3.63) is 71.3 Å². The molecule has 3 aromatic rings. The normalized spacial score (nSPS) is 10.4. The minimum Gasteiger partial charge on any atom is -0.481 e. The second-order valence-electron chi connectivity index (χ2n) is 6.25. The molecule has 9 heteroatoms. The Balaban J connectivity index is 1.82. The van der Waals surface area contributed by atoms with Crippen LogP contribution in [0.15, 0.2) is 54.9 Å². The van der Waals surface area contributed by atoms with E-state index in [0.29, 0.717) is 28.6 Å². The van der Waals surface area contributed by atoms with Crippen molar-refractivity contribution in [2.24, 2.45) is 0 Å². The monoisotopic (exact) mass is 428 g/mol. The van der Waals surface area contributed by atoms with Crippen molar-refractivity contribution in [3.63, 3.8) is 0 Å². The fourth-order valence-corrected chi connectivity index (χ4v) is 3.00. The molecule has 0 radical (unpaired) electrons. The molecule has 0 unspecified atom stereocenters. The second-order valence-corrected chi connectivity index (χ2v) is 6.63. The number of pyridine rings is 2. The molecule has 0 saturated heterocycles. The minimum atomic E-state index is -0.585. The Bertz CT molecular complexity index is 1090. The number of hydrogen-bond acceptors (Lipinski definition) is 5. The summed E-state index contributed by atoms with van der Waals surface area (Å²) < 4.78 is 18.7. The molecule has 2 aromatic heterocycles. The molecule has 7 nitrogen and oxygen atoms in total. The number of ether oxygens (including phenoxy) is 1. The number of hydrogen-bond donors (Lipinski definition) is 1. The van der Waals surface area contributed by atoms with Gasteiger partial charge in [-0.1, -0.05) is 23.7 Å². The van der Waals surface area contributed by atoms with Gasteiger partial charge in [-0.05, 0) is 23.8 Å². The third-order valence-corrected chi connectivity index (χ3v) is 4.56. The van der Waals surface area contributed by atoms with Crippen LogP contribution in [0.5, 0.6) is 5.88 Å². The Kier molecular flexibility index (Phi) is 6.58. The van der Waals surface area contributed by atoms with E-state index in [-0.39, 0.29) is 23.3 Å². The number of benzene rings is 1. The highest BCUT2D eigenvalue weighted by Gasteiger charge is 2.18. The van der Waals surface area contributed by atoms with Gasteiger partial charge in [0.25, 0.3) is 0 Å². The number of carbonyl (C=O) groups excluding carboxylic acids is 2. The molecule has 2 amide bonds. The molecule has 3 rings (SSSR count). The van der Waals surface area contributed by atoms with Crippen LogP contribution in [0.2, 0.25) is 5.02 Å². The highest BCUT2D eigenvalue weighted by molar-refractivity contribution is 6.31. The van der Waals surface area contributed by atoms with Gasteiger partial charge in [0, 0.05) is 37.1 Å². The summed E-state index contributed by atoms with van der Waals surface area (Å²) in [4.78, 5) is 34.3. The number of amides is 2. The molecule has 0 aliphatic heterocycles. The molecule has 0 spiro atoms. The number of aromatic nitrogens is 2. The van der Waals surface area contributed by atoms with E-state index in [1.807, 2.05) is 0 Å². The fourth-order valence-electron chi connectivity index (χ4n) is 2.81. The van der Waals surface area contributed by atoms with Crippen LogP contribution in [0.3, 0.4) is 0 Å². The summed E-state index contributed by atoms with van der Waals surface area (Å²) in [5.41, 5.74) is 1.30. The SMILES string of the molecule is COc1cc(N(C(C)=O)c2cc(NC(=O)Cc3cccc(F)c3Cl)ccn2)ccn1. The molecule has 0 bridgehead atoms. The van der Waals surface area contributed by atoms with Gasteiger partial charge in [0.15, 0.2) is 0 Å². The average molecular weight is 429 g/mol. The zero-order valence-electron chi connectivity index (χ0n) is 16.2. The smallest absolute Gasteiger partial charge is 0.229 e. The summed E-state index contributed by atoms with van der Waals surface area (Å²) in [5.74, 6) is -0.615. The highest BCUT2D eigenvalue weighted by Crippen LogP contribution is 2.28. The maximum Gasteiger partial charge on any atom is 0.229 e. The lowest BCUT2D eigenvalue weighted by Crippen LogP contribution is -2.24. The van der Waals surface area contributed by atoms with Crippen LogP contribution in [-0.4, -0.2) is 28.9 Å². The van der Waals surface area contributed by atoms with Gasteiger partial charge < -0.3 is 10.1 Å². The van der Waals surface area contributed by atoms with Crippen molar-refractivity contribution >= 4 is 40.6 Å². The number of methoxy groups -OCH3 is 1. The van der Waals surface area contributed by atoms with Gasteiger partial charge in [0.1, 0.15) is 11.6 Å². The summed E-state index contributed by atoms with van der Waals surface area (Å²) in [7, 11) is 1.48. The van der Waals surface area contributed by atoms with Crippen LogP contribution in [0.4, 0.5) is 21.6 Å². The number of nitrogens with zero attached hydrogens (tertiary/aromatic N) is 3. The van der Waals surface area contributed by atoms with Crippen LogP contribution in [-0.2, 0) is 16.0 Å². The molecule has 0 aliphatic rings. The van der Waals surface area contributed by atoms with Gasteiger partial charge in [-0.15, -0.1) is 0 Å². The van der Waals surface area contributed by atoms with Crippen molar-refractivity contribution in [3.8, 4) is 5.88 Å². The van der Waals surface area contributed by atoms with Crippen LogP contribution >= 0.6 is 11.6 Å². The largest absolute Gasteiger partial charge is 0.481 e. The van der Waals surface area contributed by atoms with Gasteiger partial charge in [-0.25, -0.2) is 14.4 Å². The maximum atomic E-state index is 13.6. The first-order valence-electron chi connectivity index (χ1n) is 8.88. The zero-order chi connectivity index (χ0) is 21.7. The number of carbonyl (C=O) groups is 2. The topological polar surface area (TPSA) is 84.4 Å². The minimum absolute atomic E-state index is 0.0857. The van der Waals surface area contributed by atoms with E-state index in [0.717, 1.165) is 0 Å². The predicted octanol–water partition coefficient (Wildman–Crippen LogP) is 4.14. The first kappa shape index (κ1) is 21.2. The first-order valence-corrected chi connectivity index (χ1v) is 9.26. The van der Waals surface area contributed by atoms with E-state index in [1.54, 1.807) is 30.3 Å². The Morgan fingerprint density at radius 1 is 1.17 bits per heavy atom. The maximum absolute atomic E-state index is 13.6. The third-order valence-electron chi connectivity index (χ3n) is 4.14. The summed E-state index contributed by atoms with van der Waals surface area (Å²) in [6.07, 6.45) is 2.87. The second kappa shape index (κ2) is 9.32. The zero-order valence-corrected chi connectivity index (χ0v) is 17.0. The molecule has 30 heavy (non-hydrogen) atoms. The van der Waals surface area contributed by atoms with Crippen LogP contribution in [0.25, 0.3) is 0 Å². The highest BCUT2D eigenvalue weighted by atomic mass is 35.5. The lowest BCUT2D eigenvalue weighted by atomic mass is 10.1. The molecule has 0 atom stereocenters. The first-order chi connectivity index (χ1) is 14.4. The molecular weight excluding hydrogens is 411 g/mol. The third kappa shape index (κ3) is 4.90. The number of halogens is 2. The van der Waals surface area contributed by atoms with Crippen molar-refractivity contribution in [2.45, 2.75) is 13.3 Å². The van der Waals surface area contributed by atoms with Crippen LogP contribution in [0, 0.1) is 5.82 Å². The lowest BCUT2D eigenvalue weighted by molar-refractivity contribution is -0.116. The van der Waals surface area contributed by atoms with Crippen molar-refractivity contribution < 1.29 is 18.7 Å². The quantitative estimate of drug-likeness (QED) is 0.637. The summed E-state index contributed by atoms with van der Waals surface area (Å²) in [5, 5.41) is 2.62. The number of nitrogens with one attached hydrogen (secondary N) is 1. The lowest BCUT2D eigenvalue weighted by Gasteiger charge is -2.21. The molecular formula is C21H18ClFN4O3. The van der Waals surface area contributed by atoms with E-state index in [9.17, 15) is 14.0 Å². The summed E-state index contributed by atoms with van der Waals surface area (Å²) in [6, 6.07) is 10.7. The van der Waals surface area contributed by atoms with Crippen LogP contribution < -0.4 is 15.0 Å². The van der Waals surface area contributed by atoms with Crippen LogP contribution in [0.1, 0.15) is 12.5 Å². The average Bonchev–Trinajstić information content (AvgIpc) is 2.72. The van der Waals surface area contributed by atoms with E-state index >= 15 is 0 Å². The summed E-state index contributed by atoms with van der Waals surface area (Å²) in [6.45, 7) is 1.39. The molecule has 0 fully saturated rings. The fraction of sp³-hybridized carbons (Fsp3) is 0.143.